The highest BCUT2D eigenvalue weighted by Gasteiger charge is 2.20. The molecule has 3 aromatic rings. The van der Waals surface area contributed by atoms with Crippen molar-refractivity contribution in [2.24, 2.45) is 0 Å². The quantitative estimate of drug-likeness (QED) is 0.419. The Hall–Kier alpha value is -3.60. The van der Waals surface area contributed by atoms with Gasteiger partial charge in [-0.2, -0.15) is 5.26 Å². The van der Waals surface area contributed by atoms with E-state index >= 15 is 0 Å². The molecule has 7 heteroatoms. The standard InChI is InChI=1S/C28H28N6S/c29-20-24(27-31-26(21-35-27)22-10-3-1-4-11-22)25-14-15-30-28(32-25)34(23-12-5-2-6-13-23)19-9-18-33-16-7-8-17-33/h1-6,10-15,21,31H,7-9,16-19H2/b27-24+. The molecule has 1 N–H and O–H groups in total. The maximum absolute atomic E-state index is 10.0. The topological polar surface area (TPSA) is 68.1 Å². The van der Waals surface area contributed by atoms with Crippen LogP contribution in [0.4, 0.5) is 11.6 Å². The van der Waals surface area contributed by atoms with E-state index in [2.05, 4.69) is 50.4 Å². The van der Waals surface area contributed by atoms with Crippen LogP contribution in [0.15, 0.2) is 83.4 Å². The predicted molar refractivity (Wildman–Crippen MR) is 143 cm³/mol. The van der Waals surface area contributed by atoms with Gasteiger partial charge in [0.1, 0.15) is 11.6 Å². The Bertz CT molecular complexity index is 1240. The van der Waals surface area contributed by atoms with Crippen molar-refractivity contribution < 1.29 is 0 Å². The van der Waals surface area contributed by atoms with E-state index in [0.29, 0.717) is 17.2 Å². The highest BCUT2D eigenvalue weighted by molar-refractivity contribution is 8.06. The molecule has 1 saturated heterocycles. The molecule has 3 heterocycles. The molecule has 0 radical (unpaired) electrons. The highest BCUT2D eigenvalue weighted by atomic mass is 32.2. The summed E-state index contributed by atoms with van der Waals surface area (Å²) in [6.07, 6.45) is 5.37. The van der Waals surface area contributed by atoms with Crippen LogP contribution in [-0.4, -0.2) is 41.0 Å². The molecular formula is C28H28N6S. The zero-order chi connectivity index (χ0) is 23.9. The Morgan fingerprint density at radius 3 is 2.51 bits per heavy atom. The fraction of sp³-hybridized carbons (Fsp3) is 0.250. The molecule has 0 amide bonds. The van der Waals surface area contributed by atoms with Crippen LogP contribution in [0.3, 0.4) is 0 Å². The summed E-state index contributed by atoms with van der Waals surface area (Å²) < 4.78 is 0. The first-order valence-corrected chi connectivity index (χ1v) is 12.9. The average Bonchev–Trinajstić information content (AvgIpc) is 3.61. The molecule has 0 saturated carbocycles. The number of likely N-dealkylation sites (tertiary alicyclic amines) is 1. The number of nitriles is 1. The summed E-state index contributed by atoms with van der Waals surface area (Å²) in [5.74, 6) is 0.614. The van der Waals surface area contributed by atoms with Gasteiger partial charge in [-0.05, 0) is 62.7 Å². The van der Waals surface area contributed by atoms with E-state index < -0.39 is 0 Å². The zero-order valence-electron chi connectivity index (χ0n) is 19.6. The number of thioether (sulfide) groups is 1. The Kier molecular flexibility index (Phi) is 7.42. The summed E-state index contributed by atoms with van der Waals surface area (Å²) in [5, 5.41) is 16.3. The molecule has 2 aliphatic heterocycles. The molecule has 1 fully saturated rings. The van der Waals surface area contributed by atoms with Gasteiger partial charge < -0.3 is 15.1 Å². The van der Waals surface area contributed by atoms with Gasteiger partial charge >= 0.3 is 0 Å². The maximum atomic E-state index is 10.0. The zero-order valence-corrected chi connectivity index (χ0v) is 20.4. The van der Waals surface area contributed by atoms with E-state index in [1.165, 1.54) is 37.7 Å². The number of anilines is 2. The molecule has 5 rings (SSSR count). The fourth-order valence-corrected chi connectivity index (χ4v) is 5.30. The van der Waals surface area contributed by atoms with Gasteiger partial charge in [-0.3, -0.25) is 0 Å². The summed E-state index contributed by atoms with van der Waals surface area (Å²) in [5.41, 5.74) is 4.27. The summed E-state index contributed by atoms with van der Waals surface area (Å²) in [7, 11) is 0. The number of allylic oxidation sites excluding steroid dienone is 1. The Morgan fingerprint density at radius 1 is 1.03 bits per heavy atom. The fourth-order valence-electron chi connectivity index (χ4n) is 4.43. The Labute approximate surface area is 211 Å². The van der Waals surface area contributed by atoms with Gasteiger partial charge in [0.25, 0.3) is 0 Å². The molecule has 2 aromatic carbocycles. The minimum atomic E-state index is 0.519. The van der Waals surface area contributed by atoms with Crippen molar-refractivity contribution in [2.45, 2.75) is 19.3 Å². The molecule has 0 spiro atoms. The van der Waals surface area contributed by atoms with Crippen LogP contribution in [0.2, 0.25) is 0 Å². The monoisotopic (exact) mass is 480 g/mol. The smallest absolute Gasteiger partial charge is 0.230 e. The van der Waals surface area contributed by atoms with Gasteiger partial charge in [0.2, 0.25) is 5.95 Å². The lowest BCUT2D eigenvalue weighted by Gasteiger charge is -2.24. The normalized spacial score (nSPS) is 16.9. The second kappa shape index (κ2) is 11.2. The van der Waals surface area contributed by atoms with Crippen LogP contribution in [0.1, 0.15) is 30.5 Å². The number of hydrogen-bond donors (Lipinski definition) is 1. The van der Waals surface area contributed by atoms with Gasteiger partial charge in [-0.25, -0.2) is 9.97 Å². The van der Waals surface area contributed by atoms with Gasteiger partial charge in [0.15, 0.2) is 0 Å². The minimum Gasteiger partial charge on any atom is -0.348 e. The van der Waals surface area contributed by atoms with Crippen LogP contribution in [0.5, 0.6) is 0 Å². The van der Waals surface area contributed by atoms with Gasteiger partial charge in [-0.1, -0.05) is 60.3 Å². The summed E-state index contributed by atoms with van der Waals surface area (Å²) in [6, 6.07) is 24.5. The summed E-state index contributed by atoms with van der Waals surface area (Å²) in [4.78, 5) is 14.1. The molecular weight excluding hydrogens is 452 g/mol. The van der Waals surface area contributed by atoms with Crippen LogP contribution in [0.25, 0.3) is 11.3 Å². The number of para-hydroxylation sites is 1. The Balaban J connectivity index is 1.39. The highest BCUT2D eigenvalue weighted by Crippen LogP contribution is 2.35. The number of nitrogens with zero attached hydrogens (tertiary/aromatic N) is 5. The third-order valence-electron chi connectivity index (χ3n) is 6.23. The van der Waals surface area contributed by atoms with E-state index in [1.54, 1.807) is 6.20 Å². The molecule has 0 aliphatic carbocycles. The molecule has 0 bridgehead atoms. The van der Waals surface area contributed by atoms with Crippen LogP contribution >= 0.6 is 11.8 Å². The van der Waals surface area contributed by atoms with E-state index in [9.17, 15) is 5.26 Å². The number of hydrogen-bond acceptors (Lipinski definition) is 7. The third-order valence-corrected chi connectivity index (χ3v) is 7.12. The van der Waals surface area contributed by atoms with Crippen molar-refractivity contribution in [1.29, 1.82) is 5.26 Å². The van der Waals surface area contributed by atoms with E-state index in [-0.39, 0.29) is 0 Å². The summed E-state index contributed by atoms with van der Waals surface area (Å²) >= 11 is 1.52. The van der Waals surface area contributed by atoms with E-state index in [4.69, 9.17) is 4.98 Å². The third kappa shape index (κ3) is 5.56. The number of rotatable bonds is 8. The second-order valence-corrected chi connectivity index (χ2v) is 9.47. The van der Waals surface area contributed by atoms with Crippen molar-refractivity contribution >= 4 is 34.7 Å². The lowest BCUT2D eigenvalue weighted by atomic mass is 10.1. The van der Waals surface area contributed by atoms with Gasteiger partial charge in [-0.15, -0.1) is 0 Å². The van der Waals surface area contributed by atoms with Crippen molar-refractivity contribution in [3.05, 3.63) is 94.6 Å². The minimum absolute atomic E-state index is 0.519. The number of benzene rings is 2. The average molecular weight is 481 g/mol. The van der Waals surface area contributed by atoms with Crippen molar-refractivity contribution in [3.63, 3.8) is 0 Å². The van der Waals surface area contributed by atoms with Crippen LogP contribution < -0.4 is 10.2 Å². The maximum Gasteiger partial charge on any atom is 0.230 e. The predicted octanol–water partition coefficient (Wildman–Crippen LogP) is 5.63. The second-order valence-electron chi connectivity index (χ2n) is 8.59. The number of aromatic nitrogens is 2. The largest absolute Gasteiger partial charge is 0.348 e. The molecule has 35 heavy (non-hydrogen) atoms. The lowest BCUT2D eigenvalue weighted by molar-refractivity contribution is 0.335. The first-order valence-electron chi connectivity index (χ1n) is 12.0. The molecule has 0 atom stereocenters. The van der Waals surface area contributed by atoms with Crippen molar-refractivity contribution in [3.8, 4) is 6.07 Å². The molecule has 2 aliphatic rings. The van der Waals surface area contributed by atoms with E-state index in [0.717, 1.165) is 41.5 Å². The van der Waals surface area contributed by atoms with Gasteiger partial charge in [0, 0.05) is 23.8 Å². The van der Waals surface area contributed by atoms with Gasteiger partial charge in [0.05, 0.1) is 16.4 Å². The molecule has 0 unspecified atom stereocenters. The first kappa shape index (κ1) is 23.2. The molecule has 176 valence electrons. The molecule has 1 aromatic heterocycles. The van der Waals surface area contributed by atoms with Crippen LogP contribution in [0, 0.1) is 11.3 Å². The Morgan fingerprint density at radius 2 is 1.77 bits per heavy atom. The first-order chi connectivity index (χ1) is 17.3. The van der Waals surface area contributed by atoms with Crippen molar-refractivity contribution in [1.82, 2.24) is 20.2 Å². The van der Waals surface area contributed by atoms with Crippen LogP contribution in [-0.2, 0) is 0 Å². The lowest BCUT2D eigenvalue weighted by Crippen LogP contribution is -2.27. The van der Waals surface area contributed by atoms with E-state index in [1.807, 2.05) is 47.9 Å². The van der Waals surface area contributed by atoms with Crippen molar-refractivity contribution in [2.75, 3.05) is 31.1 Å². The molecule has 6 nitrogen and oxygen atoms in total. The number of nitrogens with one attached hydrogen (secondary N) is 1. The summed E-state index contributed by atoms with van der Waals surface area (Å²) in [6.45, 7) is 4.28. The SMILES string of the molecule is N#C/C(=C1/NC(c2ccccc2)=CS1)c1ccnc(N(CCCN2CCCC2)c2ccccc2)n1.